The Bertz CT molecular complexity index is 922. The van der Waals surface area contributed by atoms with E-state index in [9.17, 15) is 4.79 Å². The van der Waals surface area contributed by atoms with E-state index in [0.29, 0.717) is 12.5 Å². The largest absolute Gasteiger partial charge is 0.339 e. The summed E-state index contributed by atoms with van der Waals surface area (Å²) >= 11 is 0. The van der Waals surface area contributed by atoms with Gasteiger partial charge in [-0.1, -0.05) is 42.5 Å². The third-order valence-electron chi connectivity index (χ3n) is 6.00. The fourth-order valence-corrected chi connectivity index (χ4v) is 4.09. The summed E-state index contributed by atoms with van der Waals surface area (Å²) in [5.74, 6) is 0.886. The predicted molar refractivity (Wildman–Crippen MR) is 125 cm³/mol. The van der Waals surface area contributed by atoms with Gasteiger partial charge in [-0.2, -0.15) is 5.10 Å². The van der Waals surface area contributed by atoms with Crippen molar-refractivity contribution in [1.82, 2.24) is 25.0 Å². The summed E-state index contributed by atoms with van der Waals surface area (Å²) in [5, 5.41) is 6.80. The van der Waals surface area contributed by atoms with Crippen molar-refractivity contribution in [3.8, 4) is 0 Å². The van der Waals surface area contributed by atoms with Gasteiger partial charge in [-0.3, -0.25) is 9.89 Å². The maximum atomic E-state index is 12.9. The molecule has 1 aliphatic rings. The van der Waals surface area contributed by atoms with Crippen molar-refractivity contribution in [3.63, 3.8) is 0 Å². The van der Waals surface area contributed by atoms with Crippen LogP contribution < -0.4 is 0 Å². The van der Waals surface area contributed by atoms with E-state index in [1.54, 1.807) is 6.33 Å². The number of nitrogens with zero attached hydrogens (tertiary/aromatic N) is 4. The summed E-state index contributed by atoms with van der Waals surface area (Å²) in [4.78, 5) is 21.5. The Balaban J connectivity index is 0.00000272. The fraction of sp³-hybridized carbons (Fsp3) is 0.375. The van der Waals surface area contributed by atoms with Crippen LogP contribution in [0, 0.1) is 0 Å². The SMILES string of the molecule is CN(CCc1ccccc1)C1CCN(C(=O)c2ccc(Cc3nc[nH]n3)cc2)CC1.Cl. The van der Waals surface area contributed by atoms with E-state index < -0.39 is 0 Å². The minimum atomic E-state index is 0. The first-order chi connectivity index (χ1) is 14.7. The number of benzene rings is 2. The van der Waals surface area contributed by atoms with E-state index >= 15 is 0 Å². The number of likely N-dealkylation sites (N-methyl/N-ethyl adjacent to an activating group) is 1. The molecule has 1 amide bonds. The van der Waals surface area contributed by atoms with Crippen LogP contribution >= 0.6 is 12.4 Å². The summed E-state index contributed by atoms with van der Waals surface area (Å²) in [7, 11) is 2.21. The van der Waals surface area contributed by atoms with E-state index in [1.807, 2.05) is 29.2 Å². The Morgan fingerprint density at radius 1 is 1.06 bits per heavy atom. The van der Waals surface area contributed by atoms with Crippen LogP contribution in [-0.2, 0) is 12.8 Å². The van der Waals surface area contributed by atoms with Gasteiger partial charge in [-0.15, -0.1) is 12.4 Å². The van der Waals surface area contributed by atoms with Crippen LogP contribution in [0.2, 0.25) is 0 Å². The number of rotatable bonds is 7. The van der Waals surface area contributed by atoms with Crippen LogP contribution in [0.15, 0.2) is 60.9 Å². The Labute approximate surface area is 190 Å². The zero-order valence-electron chi connectivity index (χ0n) is 17.9. The third kappa shape index (κ3) is 6.15. The summed E-state index contributed by atoms with van der Waals surface area (Å²) in [5.41, 5.74) is 3.23. The first kappa shape index (κ1) is 23.0. The van der Waals surface area contributed by atoms with E-state index in [-0.39, 0.29) is 18.3 Å². The molecule has 2 aromatic carbocycles. The molecule has 2 heterocycles. The Morgan fingerprint density at radius 3 is 2.42 bits per heavy atom. The average Bonchev–Trinajstić information content (AvgIpc) is 3.31. The number of piperidine rings is 1. The molecule has 3 aromatic rings. The minimum absolute atomic E-state index is 0. The van der Waals surface area contributed by atoms with Gasteiger partial charge in [0.1, 0.15) is 6.33 Å². The van der Waals surface area contributed by atoms with Crippen molar-refractivity contribution in [1.29, 1.82) is 0 Å². The first-order valence-electron chi connectivity index (χ1n) is 10.7. The number of aromatic amines is 1. The molecular formula is C24H30ClN5O. The molecular weight excluding hydrogens is 410 g/mol. The molecule has 1 aliphatic heterocycles. The van der Waals surface area contributed by atoms with Gasteiger partial charge < -0.3 is 9.80 Å². The number of aromatic nitrogens is 3. The highest BCUT2D eigenvalue weighted by molar-refractivity contribution is 5.94. The number of H-pyrrole nitrogens is 1. The third-order valence-corrected chi connectivity index (χ3v) is 6.00. The average molecular weight is 440 g/mol. The maximum absolute atomic E-state index is 12.9. The molecule has 0 saturated carbocycles. The zero-order valence-corrected chi connectivity index (χ0v) is 18.7. The number of hydrogen-bond acceptors (Lipinski definition) is 4. The summed E-state index contributed by atoms with van der Waals surface area (Å²) in [6, 6.07) is 19.0. The lowest BCUT2D eigenvalue weighted by Crippen LogP contribution is -2.46. The second-order valence-electron chi connectivity index (χ2n) is 8.03. The number of carbonyl (C=O) groups is 1. The van der Waals surface area contributed by atoms with Crippen molar-refractivity contribution in [2.45, 2.75) is 31.7 Å². The van der Waals surface area contributed by atoms with Crippen LogP contribution in [0.5, 0.6) is 0 Å². The highest BCUT2D eigenvalue weighted by atomic mass is 35.5. The number of amides is 1. The Hall–Kier alpha value is -2.70. The number of hydrogen-bond donors (Lipinski definition) is 1. The quantitative estimate of drug-likeness (QED) is 0.611. The normalized spacial score (nSPS) is 14.5. The zero-order chi connectivity index (χ0) is 20.8. The topological polar surface area (TPSA) is 65.1 Å². The summed E-state index contributed by atoms with van der Waals surface area (Å²) < 4.78 is 0. The Kier molecular flexibility index (Phi) is 8.20. The minimum Gasteiger partial charge on any atom is -0.339 e. The van der Waals surface area contributed by atoms with Gasteiger partial charge in [0.05, 0.1) is 0 Å². The van der Waals surface area contributed by atoms with Crippen molar-refractivity contribution < 1.29 is 4.79 Å². The molecule has 0 unspecified atom stereocenters. The molecule has 0 atom stereocenters. The molecule has 1 N–H and O–H groups in total. The molecule has 0 bridgehead atoms. The molecule has 0 radical (unpaired) electrons. The predicted octanol–water partition coefficient (Wildman–Crippen LogP) is 3.60. The molecule has 31 heavy (non-hydrogen) atoms. The number of nitrogens with one attached hydrogen (secondary N) is 1. The molecule has 1 saturated heterocycles. The van der Waals surface area contributed by atoms with Crippen LogP contribution in [0.3, 0.4) is 0 Å². The number of halogens is 1. The molecule has 0 spiro atoms. The van der Waals surface area contributed by atoms with Gasteiger partial charge in [-0.05, 0) is 49.6 Å². The molecule has 6 nitrogen and oxygen atoms in total. The van der Waals surface area contributed by atoms with Gasteiger partial charge in [0, 0.05) is 37.7 Å². The number of likely N-dealkylation sites (tertiary alicyclic amines) is 1. The van der Waals surface area contributed by atoms with Crippen molar-refractivity contribution in [2.75, 3.05) is 26.7 Å². The second kappa shape index (κ2) is 11.1. The van der Waals surface area contributed by atoms with Gasteiger partial charge in [-0.25, -0.2) is 4.98 Å². The summed E-state index contributed by atoms with van der Waals surface area (Å²) in [6.07, 6.45) is 5.37. The smallest absolute Gasteiger partial charge is 0.253 e. The van der Waals surface area contributed by atoms with Gasteiger partial charge in [0.25, 0.3) is 5.91 Å². The van der Waals surface area contributed by atoms with Crippen molar-refractivity contribution in [3.05, 3.63) is 83.4 Å². The van der Waals surface area contributed by atoms with Gasteiger partial charge >= 0.3 is 0 Å². The highest BCUT2D eigenvalue weighted by Crippen LogP contribution is 2.19. The highest BCUT2D eigenvalue weighted by Gasteiger charge is 2.25. The van der Waals surface area contributed by atoms with Crippen LogP contribution in [0.25, 0.3) is 0 Å². The van der Waals surface area contributed by atoms with Crippen LogP contribution in [0.1, 0.15) is 40.2 Å². The molecule has 7 heteroatoms. The molecule has 4 rings (SSSR count). The molecule has 0 aliphatic carbocycles. The van der Waals surface area contributed by atoms with Gasteiger partial charge in [0.15, 0.2) is 5.82 Å². The second-order valence-corrected chi connectivity index (χ2v) is 8.03. The maximum Gasteiger partial charge on any atom is 0.253 e. The van der Waals surface area contributed by atoms with E-state index in [4.69, 9.17) is 0 Å². The fourth-order valence-electron chi connectivity index (χ4n) is 4.09. The van der Waals surface area contributed by atoms with Crippen LogP contribution in [-0.4, -0.2) is 63.6 Å². The standard InChI is InChI=1S/C24H29N5O.ClH/c1-28(14-11-19-5-3-2-4-6-19)22-12-15-29(16-13-22)24(30)21-9-7-20(8-10-21)17-23-25-18-26-27-23;/h2-10,18,22H,11-17H2,1H3,(H,25,26,27);1H. The monoisotopic (exact) mass is 439 g/mol. The van der Waals surface area contributed by atoms with Crippen LogP contribution in [0.4, 0.5) is 0 Å². The van der Waals surface area contributed by atoms with E-state index in [1.165, 1.54) is 5.56 Å². The Morgan fingerprint density at radius 2 is 1.77 bits per heavy atom. The number of carbonyl (C=O) groups excluding carboxylic acids is 1. The molecule has 1 fully saturated rings. The lowest BCUT2D eigenvalue weighted by Gasteiger charge is -2.37. The van der Waals surface area contributed by atoms with E-state index in [0.717, 1.165) is 55.8 Å². The van der Waals surface area contributed by atoms with Gasteiger partial charge in [0.2, 0.25) is 0 Å². The van der Waals surface area contributed by atoms with Crippen molar-refractivity contribution >= 4 is 18.3 Å². The first-order valence-corrected chi connectivity index (χ1v) is 10.7. The lowest BCUT2D eigenvalue weighted by atomic mass is 10.0. The van der Waals surface area contributed by atoms with Crippen molar-refractivity contribution in [2.24, 2.45) is 0 Å². The lowest BCUT2D eigenvalue weighted by molar-refractivity contribution is 0.0647. The molecule has 164 valence electrons. The summed E-state index contributed by atoms with van der Waals surface area (Å²) in [6.45, 7) is 2.69. The van der Waals surface area contributed by atoms with E-state index in [2.05, 4.69) is 57.5 Å². The molecule has 1 aromatic heterocycles.